The number of carbonyl (C=O) groups is 1. The van der Waals surface area contributed by atoms with Crippen molar-refractivity contribution in [3.8, 4) is 0 Å². The van der Waals surface area contributed by atoms with Crippen molar-refractivity contribution < 1.29 is 9.53 Å². The minimum absolute atomic E-state index is 0.171. The van der Waals surface area contributed by atoms with Crippen LogP contribution < -0.4 is 5.32 Å². The third kappa shape index (κ3) is 4.23. The minimum atomic E-state index is -0.309. The number of hydrogen-bond donors (Lipinski definition) is 1. The van der Waals surface area contributed by atoms with Crippen LogP contribution in [0.3, 0.4) is 0 Å². The molecule has 0 saturated heterocycles. The van der Waals surface area contributed by atoms with Gasteiger partial charge in [0.1, 0.15) is 0 Å². The first kappa shape index (κ1) is 20.0. The molecule has 0 radical (unpaired) electrons. The molecule has 4 heteroatoms. The Balaban J connectivity index is 1.99. The minimum Gasteiger partial charge on any atom is -0.462 e. The SMILES string of the molecule is CCOC(=O)c1c(CN[C@@H](c2ccccc2)C(C)C)nc2ccccc2c1C. The van der Waals surface area contributed by atoms with E-state index >= 15 is 0 Å². The lowest BCUT2D eigenvalue weighted by Gasteiger charge is -2.24. The summed E-state index contributed by atoms with van der Waals surface area (Å²) in [6.45, 7) is 9.01. The molecule has 1 N–H and O–H groups in total. The van der Waals surface area contributed by atoms with Crippen molar-refractivity contribution in [3.05, 3.63) is 77.0 Å². The number of benzene rings is 2. The van der Waals surface area contributed by atoms with Gasteiger partial charge in [0, 0.05) is 18.0 Å². The van der Waals surface area contributed by atoms with E-state index < -0.39 is 0 Å². The van der Waals surface area contributed by atoms with E-state index in [9.17, 15) is 4.79 Å². The number of aryl methyl sites for hydroxylation is 1. The number of hydrogen-bond acceptors (Lipinski definition) is 4. The molecule has 0 bridgehead atoms. The zero-order valence-electron chi connectivity index (χ0n) is 17.0. The van der Waals surface area contributed by atoms with Gasteiger partial charge >= 0.3 is 5.97 Å². The maximum Gasteiger partial charge on any atom is 0.340 e. The van der Waals surface area contributed by atoms with Crippen LogP contribution in [0.4, 0.5) is 0 Å². The molecule has 0 spiro atoms. The molecule has 4 nitrogen and oxygen atoms in total. The van der Waals surface area contributed by atoms with Gasteiger partial charge < -0.3 is 10.1 Å². The van der Waals surface area contributed by atoms with Crippen LogP contribution in [0.25, 0.3) is 10.9 Å². The predicted molar refractivity (Wildman–Crippen MR) is 113 cm³/mol. The Morgan fingerprint density at radius 3 is 2.43 bits per heavy atom. The lowest BCUT2D eigenvalue weighted by Crippen LogP contribution is -2.27. The standard InChI is InChI=1S/C24H28N2O2/c1-5-28-24(27)22-17(4)19-13-9-10-14-20(19)26-21(22)15-25-23(16(2)3)18-11-7-6-8-12-18/h6-14,16,23,25H,5,15H2,1-4H3/t23-/m1/s1. The third-order valence-corrected chi connectivity index (χ3v) is 5.02. The highest BCUT2D eigenvalue weighted by Crippen LogP contribution is 2.26. The monoisotopic (exact) mass is 376 g/mol. The van der Waals surface area contributed by atoms with Crippen molar-refractivity contribution in [3.63, 3.8) is 0 Å². The predicted octanol–water partition coefficient (Wildman–Crippen LogP) is 5.21. The van der Waals surface area contributed by atoms with E-state index in [1.54, 1.807) is 0 Å². The average molecular weight is 377 g/mol. The first-order valence-electron chi connectivity index (χ1n) is 9.86. The molecule has 0 fully saturated rings. The van der Waals surface area contributed by atoms with Crippen LogP contribution in [0.5, 0.6) is 0 Å². The molecule has 1 atom stereocenters. The Bertz CT molecular complexity index is 951. The highest BCUT2D eigenvalue weighted by molar-refractivity contribution is 5.98. The summed E-state index contributed by atoms with van der Waals surface area (Å²) in [4.78, 5) is 17.5. The second kappa shape index (κ2) is 8.98. The Kier molecular flexibility index (Phi) is 6.42. The van der Waals surface area contributed by atoms with Crippen molar-refractivity contribution in [2.75, 3.05) is 6.61 Å². The summed E-state index contributed by atoms with van der Waals surface area (Å²) in [5, 5.41) is 4.59. The van der Waals surface area contributed by atoms with Gasteiger partial charge in [-0.3, -0.25) is 4.98 Å². The second-order valence-corrected chi connectivity index (χ2v) is 7.31. The van der Waals surface area contributed by atoms with E-state index in [4.69, 9.17) is 9.72 Å². The molecular formula is C24H28N2O2. The first-order chi connectivity index (χ1) is 13.5. The number of aromatic nitrogens is 1. The van der Waals surface area contributed by atoms with E-state index in [0.717, 1.165) is 22.2 Å². The molecule has 3 aromatic rings. The van der Waals surface area contributed by atoms with E-state index in [1.807, 2.05) is 44.2 Å². The van der Waals surface area contributed by atoms with Gasteiger partial charge in [0.2, 0.25) is 0 Å². The van der Waals surface area contributed by atoms with Gasteiger partial charge in [-0.2, -0.15) is 0 Å². The molecule has 0 saturated carbocycles. The fourth-order valence-electron chi connectivity index (χ4n) is 3.65. The van der Waals surface area contributed by atoms with Crippen LogP contribution >= 0.6 is 0 Å². The highest BCUT2D eigenvalue weighted by Gasteiger charge is 2.22. The van der Waals surface area contributed by atoms with Gasteiger partial charge in [0.05, 0.1) is 23.4 Å². The zero-order valence-corrected chi connectivity index (χ0v) is 17.0. The largest absolute Gasteiger partial charge is 0.462 e. The van der Waals surface area contributed by atoms with Gasteiger partial charge in [0.25, 0.3) is 0 Å². The van der Waals surface area contributed by atoms with Crippen molar-refractivity contribution >= 4 is 16.9 Å². The van der Waals surface area contributed by atoms with Crippen molar-refractivity contribution in [1.29, 1.82) is 0 Å². The maximum absolute atomic E-state index is 12.7. The molecule has 3 rings (SSSR count). The number of nitrogens with zero attached hydrogens (tertiary/aromatic N) is 1. The van der Waals surface area contributed by atoms with Gasteiger partial charge in [-0.15, -0.1) is 0 Å². The zero-order chi connectivity index (χ0) is 20.1. The summed E-state index contributed by atoms with van der Waals surface area (Å²) in [6, 6.07) is 18.5. The second-order valence-electron chi connectivity index (χ2n) is 7.31. The Morgan fingerprint density at radius 1 is 1.07 bits per heavy atom. The van der Waals surface area contributed by atoms with Gasteiger partial charge in [0.15, 0.2) is 0 Å². The van der Waals surface area contributed by atoms with Crippen LogP contribution in [-0.4, -0.2) is 17.6 Å². The van der Waals surface area contributed by atoms with E-state index in [2.05, 4.69) is 43.4 Å². The van der Waals surface area contributed by atoms with Crippen LogP contribution in [0.1, 0.15) is 54.0 Å². The van der Waals surface area contributed by atoms with Crippen LogP contribution in [0, 0.1) is 12.8 Å². The van der Waals surface area contributed by atoms with E-state index in [0.29, 0.717) is 24.6 Å². The number of esters is 1. The van der Waals surface area contributed by atoms with Crippen LogP contribution in [-0.2, 0) is 11.3 Å². The maximum atomic E-state index is 12.7. The first-order valence-corrected chi connectivity index (χ1v) is 9.86. The molecule has 0 unspecified atom stereocenters. The summed E-state index contributed by atoms with van der Waals surface area (Å²) in [5.74, 6) is 0.0888. The number of rotatable bonds is 7. The molecule has 28 heavy (non-hydrogen) atoms. The Labute approximate surface area is 166 Å². The Hall–Kier alpha value is -2.72. The Morgan fingerprint density at radius 2 is 1.75 bits per heavy atom. The average Bonchev–Trinajstić information content (AvgIpc) is 2.69. The number of para-hydroxylation sites is 1. The molecule has 146 valence electrons. The normalized spacial score (nSPS) is 12.3. The van der Waals surface area contributed by atoms with E-state index in [-0.39, 0.29) is 12.0 Å². The molecule has 0 aliphatic rings. The number of fused-ring (bicyclic) bond motifs is 1. The highest BCUT2D eigenvalue weighted by atomic mass is 16.5. The number of carbonyl (C=O) groups excluding carboxylic acids is 1. The van der Waals surface area contributed by atoms with Gasteiger partial charge in [-0.1, -0.05) is 62.4 Å². The summed E-state index contributed by atoms with van der Waals surface area (Å²) in [6.07, 6.45) is 0. The number of ether oxygens (including phenoxy) is 1. The molecule has 0 aliphatic heterocycles. The smallest absolute Gasteiger partial charge is 0.340 e. The molecular weight excluding hydrogens is 348 g/mol. The lowest BCUT2D eigenvalue weighted by atomic mass is 9.95. The molecule has 0 amide bonds. The third-order valence-electron chi connectivity index (χ3n) is 5.02. The number of nitrogens with one attached hydrogen (secondary N) is 1. The fourth-order valence-corrected chi connectivity index (χ4v) is 3.65. The van der Waals surface area contributed by atoms with E-state index in [1.165, 1.54) is 5.56 Å². The van der Waals surface area contributed by atoms with Gasteiger partial charge in [-0.25, -0.2) is 4.79 Å². The molecule has 1 heterocycles. The summed E-state index contributed by atoms with van der Waals surface area (Å²) >= 11 is 0. The molecule has 1 aromatic heterocycles. The van der Waals surface area contributed by atoms with Crippen molar-refractivity contribution in [2.24, 2.45) is 5.92 Å². The van der Waals surface area contributed by atoms with Crippen molar-refractivity contribution in [2.45, 2.75) is 40.3 Å². The topological polar surface area (TPSA) is 51.2 Å². The lowest BCUT2D eigenvalue weighted by molar-refractivity contribution is 0.0523. The van der Waals surface area contributed by atoms with Crippen LogP contribution in [0.2, 0.25) is 0 Å². The summed E-state index contributed by atoms with van der Waals surface area (Å²) in [7, 11) is 0. The molecule has 2 aromatic carbocycles. The summed E-state index contributed by atoms with van der Waals surface area (Å²) in [5.41, 5.74) is 4.35. The van der Waals surface area contributed by atoms with Gasteiger partial charge in [-0.05, 0) is 37.0 Å². The molecule has 0 aliphatic carbocycles. The van der Waals surface area contributed by atoms with Crippen molar-refractivity contribution in [1.82, 2.24) is 10.3 Å². The fraction of sp³-hybridized carbons (Fsp3) is 0.333. The summed E-state index contributed by atoms with van der Waals surface area (Å²) < 4.78 is 5.33. The quantitative estimate of drug-likeness (QED) is 0.575. The number of pyridine rings is 1. The van der Waals surface area contributed by atoms with Crippen LogP contribution in [0.15, 0.2) is 54.6 Å².